The Bertz CT molecular complexity index is 446. The molecule has 0 amide bonds. The van der Waals surface area contributed by atoms with Crippen LogP contribution in [0.3, 0.4) is 0 Å². The number of aromatic nitrogens is 1. The number of fused-ring (bicyclic) bond motifs is 1. The smallest absolute Gasteiger partial charge is 0.103 e. The van der Waals surface area contributed by atoms with Gasteiger partial charge in [-0.15, -0.1) is 11.3 Å². The fourth-order valence-electron chi connectivity index (χ4n) is 2.63. The molecule has 4 heteroatoms. The number of aryl methyl sites for hydroxylation is 1. The van der Waals surface area contributed by atoms with Crippen LogP contribution in [0.5, 0.6) is 0 Å². The second kappa shape index (κ2) is 7.47. The molecule has 120 valence electrons. The maximum atomic E-state index is 4.99. The van der Waals surface area contributed by atoms with Gasteiger partial charge in [-0.1, -0.05) is 13.8 Å². The first-order chi connectivity index (χ1) is 9.85. The van der Waals surface area contributed by atoms with E-state index in [0.717, 1.165) is 18.2 Å². The van der Waals surface area contributed by atoms with Crippen LogP contribution in [0.4, 0.5) is 0 Å². The van der Waals surface area contributed by atoms with Gasteiger partial charge in [0, 0.05) is 28.6 Å². The maximum Gasteiger partial charge on any atom is 0.103 e. The van der Waals surface area contributed by atoms with Crippen LogP contribution in [0.15, 0.2) is 0 Å². The van der Waals surface area contributed by atoms with E-state index in [2.05, 4.69) is 39.9 Å². The molecule has 0 bridgehead atoms. The molecule has 0 fully saturated rings. The predicted octanol–water partition coefficient (Wildman–Crippen LogP) is 4.84. The minimum absolute atomic E-state index is 0.198. The van der Waals surface area contributed by atoms with Crippen LogP contribution in [-0.2, 0) is 12.2 Å². The SMILES string of the molecule is CC(C)CSCc1nc2c(s1)CCCC2CNC(C)(C)C. The number of nitrogens with zero attached hydrogens (tertiary/aromatic N) is 1. The molecule has 0 spiro atoms. The van der Waals surface area contributed by atoms with Crippen molar-refractivity contribution < 1.29 is 0 Å². The summed E-state index contributed by atoms with van der Waals surface area (Å²) in [5.74, 6) is 3.72. The Hall–Kier alpha value is -0.0600. The van der Waals surface area contributed by atoms with Crippen molar-refractivity contribution in [2.45, 2.75) is 71.1 Å². The highest BCUT2D eigenvalue weighted by atomic mass is 32.2. The number of hydrogen-bond acceptors (Lipinski definition) is 4. The minimum atomic E-state index is 0.198. The first kappa shape index (κ1) is 17.3. The van der Waals surface area contributed by atoms with E-state index in [9.17, 15) is 0 Å². The fraction of sp³-hybridized carbons (Fsp3) is 0.824. The molecule has 0 saturated heterocycles. The number of thioether (sulfide) groups is 1. The van der Waals surface area contributed by atoms with Crippen LogP contribution < -0.4 is 5.32 Å². The fourth-order valence-corrected chi connectivity index (χ4v) is 4.94. The summed E-state index contributed by atoms with van der Waals surface area (Å²) in [4.78, 5) is 6.54. The molecule has 1 unspecified atom stereocenters. The van der Waals surface area contributed by atoms with Crippen molar-refractivity contribution in [1.29, 1.82) is 0 Å². The lowest BCUT2D eigenvalue weighted by Crippen LogP contribution is -2.39. The Morgan fingerprint density at radius 2 is 2.14 bits per heavy atom. The van der Waals surface area contributed by atoms with Crippen molar-refractivity contribution in [2.75, 3.05) is 12.3 Å². The summed E-state index contributed by atoms with van der Waals surface area (Å²) in [6.07, 6.45) is 3.86. The van der Waals surface area contributed by atoms with Crippen LogP contribution in [0.25, 0.3) is 0 Å². The quantitative estimate of drug-likeness (QED) is 0.809. The van der Waals surface area contributed by atoms with Gasteiger partial charge in [-0.25, -0.2) is 4.98 Å². The van der Waals surface area contributed by atoms with E-state index in [0.29, 0.717) is 5.92 Å². The summed E-state index contributed by atoms with van der Waals surface area (Å²) in [7, 11) is 0. The van der Waals surface area contributed by atoms with E-state index in [1.54, 1.807) is 4.88 Å². The molecule has 2 rings (SSSR count). The lowest BCUT2D eigenvalue weighted by atomic mass is 9.90. The maximum absolute atomic E-state index is 4.99. The van der Waals surface area contributed by atoms with Crippen LogP contribution in [0.2, 0.25) is 0 Å². The second-order valence-electron chi connectivity index (χ2n) is 7.55. The van der Waals surface area contributed by atoms with Gasteiger partial charge in [-0.3, -0.25) is 0 Å². The predicted molar refractivity (Wildman–Crippen MR) is 96.5 cm³/mol. The Labute approximate surface area is 138 Å². The van der Waals surface area contributed by atoms with Crippen molar-refractivity contribution in [1.82, 2.24) is 10.3 Å². The van der Waals surface area contributed by atoms with E-state index in [1.807, 2.05) is 23.1 Å². The van der Waals surface area contributed by atoms with Gasteiger partial charge in [0.05, 0.1) is 5.69 Å². The first-order valence-electron chi connectivity index (χ1n) is 8.16. The normalized spacial score (nSPS) is 19.0. The molecule has 1 N–H and O–H groups in total. The minimum Gasteiger partial charge on any atom is -0.311 e. The average molecular weight is 327 g/mol. The van der Waals surface area contributed by atoms with Crippen molar-refractivity contribution in [2.24, 2.45) is 5.92 Å². The van der Waals surface area contributed by atoms with Crippen molar-refractivity contribution >= 4 is 23.1 Å². The van der Waals surface area contributed by atoms with E-state index < -0.39 is 0 Å². The average Bonchev–Trinajstić information content (AvgIpc) is 2.78. The number of rotatable bonds is 6. The number of hydrogen-bond donors (Lipinski definition) is 1. The lowest BCUT2D eigenvalue weighted by Gasteiger charge is -2.27. The van der Waals surface area contributed by atoms with Crippen molar-refractivity contribution in [3.8, 4) is 0 Å². The topological polar surface area (TPSA) is 24.9 Å². The molecular weight excluding hydrogens is 296 g/mol. The first-order valence-corrected chi connectivity index (χ1v) is 10.1. The van der Waals surface area contributed by atoms with Gasteiger partial charge in [0.25, 0.3) is 0 Å². The van der Waals surface area contributed by atoms with Gasteiger partial charge >= 0.3 is 0 Å². The molecule has 0 aliphatic heterocycles. The number of nitrogens with one attached hydrogen (secondary N) is 1. The second-order valence-corrected chi connectivity index (χ2v) is 9.74. The summed E-state index contributed by atoms with van der Waals surface area (Å²) in [5.41, 5.74) is 1.60. The molecule has 21 heavy (non-hydrogen) atoms. The standard InChI is InChI=1S/C17H30N2S2/c1-12(2)10-20-11-15-19-16-13(9-18-17(3,4)5)7-6-8-14(16)21-15/h12-13,18H,6-11H2,1-5H3. The molecule has 1 aliphatic rings. The summed E-state index contributed by atoms with van der Waals surface area (Å²) in [6, 6.07) is 0. The zero-order chi connectivity index (χ0) is 15.5. The van der Waals surface area contributed by atoms with E-state index in [-0.39, 0.29) is 5.54 Å². The zero-order valence-corrected chi connectivity index (χ0v) is 15.8. The Morgan fingerprint density at radius 3 is 2.81 bits per heavy atom. The molecule has 0 aromatic carbocycles. The van der Waals surface area contributed by atoms with Gasteiger partial charge in [0.2, 0.25) is 0 Å². The van der Waals surface area contributed by atoms with Crippen molar-refractivity contribution in [3.63, 3.8) is 0 Å². The third kappa shape index (κ3) is 5.57. The number of thiazole rings is 1. The molecule has 1 heterocycles. The van der Waals surface area contributed by atoms with Gasteiger partial charge in [-0.2, -0.15) is 11.8 Å². The third-order valence-corrected chi connectivity index (χ3v) is 6.36. The molecular formula is C17H30N2S2. The molecule has 1 atom stereocenters. The summed E-state index contributed by atoms with van der Waals surface area (Å²) in [6.45, 7) is 12.4. The molecule has 2 nitrogen and oxygen atoms in total. The largest absolute Gasteiger partial charge is 0.311 e. The monoisotopic (exact) mass is 326 g/mol. The van der Waals surface area contributed by atoms with Crippen LogP contribution in [-0.4, -0.2) is 22.8 Å². The van der Waals surface area contributed by atoms with Crippen molar-refractivity contribution in [3.05, 3.63) is 15.6 Å². The Balaban J connectivity index is 1.96. The van der Waals surface area contributed by atoms with Crippen LogP contribution in [0.1, 0.15) is 69.0 Å². The zero-order valence-electron chi connectivity index (χ0n) is 14.2. The van der Waals surface area contributed by atoms with E-state index in [4.69, 9.17) is 4.98 Å². The van der Waals surface area contributed by atoms with Crippen LogP contribution in [0, 0.1) is 5.92 Å². The molecule has 1 aliphatic carbocycles. The van der Waals surface area contributed by atoms with E-state index >= 15 is 0 Å². The molecule has 1 aromatic rings. The highest BCUT2D eigenvalue weighted by molar-refractivity contribution is 7.98. The Morgan fingerprint density at radius 1 is 1.38 bits per heavy atom. The lowest BCUT2D eigenvalue weighted by molar-refractivity contribution is 0.388. The van der Waals surface area contributed by atoms with Gasteiger partial charge < -0.3 is 5.32 Å². The van der Waals surface area contributed by atoms with Crippen LogP contribution >= 0.6 is 23.1 Å². The summed E-state index contributed by atoms with van der Waals surface area (Å²) >= 11 is 3.99. The molecule has 0 radical (unpaired) electrons. The van der Waals surface area contributed by atoms with Gasteiger partial charge in [0.15, 0.2) is 0 Å². The van der Waals surface area contributed by atoms with Gasteiger partial charge in [-0.05, 0) is 51.7 Å². The third-order valence-electron chi connectivity index (χ3n) is 3.67. The highest BCUT2D eigenvalue weighted by Crippen LogP contribution is 2.35. The molecule has 1 aromatic heterocycles. The highest BCUT2D eigenvalue weighted by Gasteiger charge is 2.25. The summed E-state index contributed by atoms with van der Waals surface area (Å²) < 4.78 is 0. The molecule has 0 saturated carbocycles. The van der Waals surface area contributed by atoms with Gasteiger partial charge in [0.1, 0.15) is 5.01 Å². The Kier molecular flexibility index (Phi) is 6.15. The summed E-state index contributed by atoms with van der Waals surface area (Å²) in [5, 5.41) is 5.00. The van der Waals surface area contributed by atoms with E-state index in [1.165, 1.54) is 35.7 Å².